The van der Waals surface area contributed by atoms with Gasteiger partial charge in [0.1, 0.15) is 12.4 Å². The number of hydrogen-bond donors (Lipinski definition) is 2. The van der Waals surface area contributed by atoms with E-state index in [2.05, 4.69) is 31.3 Å². The van der Waals surface area contributed by atoms with Crippen LogP contribution < -0.4 is 10.1 Å². The van der Waals surface area contributed by atoms with E-state index >= 15 is 0 Å². The molecule has 2 aromatic carbocycles. The number of aliphatic hydroxyl groups is 1. The molecule has 0 saturated heterocycles. The molecule has 0 radical (unpaired) electrons. The quantitative estimate of drug-likeness (QED) is 0.855. The van der Waals surface area contributed by atoms with Crippen molar-refractivity contribution in [2.24, 2.45) is 0 Å². The van der Waals surface area contributed by atoms with Gasteiger partial charge in [0.15, 0.2) is 0 Å². The first-order valence-electron chi connectivity index (χ1n) is 7.23. The van der Waals surface area contributed by atoms with Gasteiger partial charge >= 0.3 is 0 Å². The lowest BCUT2D eigenvalue weighted by atomic mass is 10.1. The third-order valence-corrected chi connectivity index (χ3v) is 3.73. The van der Waals surface area contributed by atoms with Crippen molar-refractivity contribution in [1.29, 1.82) is 0 Å². The minimum absolute atomic E-state index is 0.0748. The second kappa shape index (κ2) is 7.25. The summed E-state index contributed by atoms with van der Waals surface area (Å²) in [5.41, 5.74) is 4.41. The standard InChI is InChI=1S/C18H23NO2/c1-13-10-17(14(2)19-3)8-9-18(13)21-12-16-6-4-15(11-20)5-7-16/h4-10,14,19-20H,11-12H2,1-3H3. The Balaban J connectivity index is 2.02. The molecular weight excluding hydrogens is 262 g/mol. The fourth-order valence-corrected chi connectivity index (χ4v) is 2.17. The number of rotatable bonds is 6. The highest BCUT2D eigenvalue weighted by Crippen LogP contribution is 2.23. The molecule has 0 amide bonds. The highest BCUT2D eigenvalue weighted by molar-refractivity contribution is 5.37. The van der Waals surface area contributed by atoms with Crippen LogP contribution in [0.2, 0.25) is 0 Å². The molecule has 0 aliphatic heterocycles. The van der Waals surface area contributed by atoms with Gasteiger partial charge in [0, 0.05) is 6.04 Å². The van der Waals surface area contributed by atoms with Crippen molar-refractivity contribution in [2.45, 2.75) is 33.1 Å². The average Bonchev–Trinajstić information content (AvgIpc) is 2.53. The topological polar surface area (TPSA) is 41.5 Å². The first kappa shape index (κ1) is 15.5. The third kappa shape index (κ3) is 4.06. The number of nitrogens with one attached hydrogen (secondary N) is 1. The lowest BCUT2D eigenvalue weighted by molar-refractivity contribution is 0.281. The molecule has 2 aromatic rings. The zero-order chi connectivity index (χ0) is 15.2. The maximum absolute atomic E-state index is 9.03. The minimum Gasteiger partial charge on any atom is -0.489 e. The molecule has 2 N–H and O–H groups in total. The van der Waals surface area contributed by atoms with Crippen molar-refractivity contribution in [1.82, 2.24) is 5.32 Å². The van der Waals surface area contributed by atoms with Crippen LogP contribution in [-0.2, 0) is 13.2 Å². The van der Waals surface area contributed by atoms with Crippen molar-refractivity contribution < 1.29 is 9.84 Å². The summed E-state index contributed by atoms with van der Waals surface area (Å²) in [6.07, 6.45) is 0. The zero-order valence-electron chi connectivity index (χ0n) is 12.9. The SMILES string of the molecule is CNC(C)c1ccc(OCc2ccc(CO)cc2)c(C)c1. The van der Waals surface area contributed by atoms with Gasteiger partial charge < -0.3 is 15.2 Å². The molecule has 1 atom stereocenters. The normalized spacial score (nSPS) is 12.2. The number of benzene rings is 2. The third-order valence-electron chi connectivity index (χ3n) is 3.73. The van der Waals surface area contributed by atoms with Gasteiger partial charge in [-0.15, -0.1) is 0 Å². The van der Waals surface area contributed by atoms with E-state index in [4.69, 9.17) is 9.84 Å². The highest BCUT2D eigenvalue weighted by Gasteiger charge is 2.06. The Hall–Kier alpha value is -1.84. The summed E-state index contributed by atoms with van der Waals surface area (Å²) in [5, 5.41) is 12.3. The Bertz CT molecular complexity index is 578. The van der Waals surface area contributed by atoms with Crippen LogP contribution >= 0.6 is 0 Å². The first-order valence-corrected chi connectivity index (χ1v) is 7.23. The molecule has 3 heteroatoms. The number of aryl methyl sites for hydroxylation is 1. The summed E-state index contributed by atoms with van der Waals surface area (Å²) in [7, 11) is 1.96. The lowest BCUT2D eigenvalue weighted by Gasteiger charge is -2.14. The highest BCUT2D eigenvalue weighted by atomic mass is 16.5. The monoisotopic (exact) mass is 285 g/mol. The average molecular weight is 285 g/mol. The summed E-state index contributed by atoms with van der Waals surface area (Å²) < 4.78 is 5.88. The Labute approximate surface area is 126 Å². The molecule has 0 heterocycles. The van der Waals surface area contributed by atoms with Crippen LogP contribution in [0, 0.1) is 6.92 Å². The second-order valence-corrected chi connectivity index (χ2v) is 5.30. The van der Waals surface area contributed by atoms with E-state index in [0.717, 1.165) is 22.4 Å². The maximum atomic E-state index is 9.03. The van der Waals surface area contributed by atoms with Gasteiger partial charge in [-0.25, -0.2) is 0 Å². The van der Waals surface area contributed by atoms with Crippen LogP contribution in [0.25, 0.3) is 0 Å². The van der Waals surface area contributed by atoms with Crippen LogP contribution in [-0.4, -0.2) is 12.2 Å². The number of ether oxygens (including phenoxy) is 1. The lowest BCUT2D eigenvalue weighted by Crippen LogP contribution is -2.12. The summed E-state index contributed by atoms with van der Waals surface area (Å²) in [4.78, 5) is 0. The van der Waals surface area contributed by atoms with Gasteiger partial charge in [-0.1, -0.05) is 36.4 Å². The van der Waals surface area contributed by atoms with Crippen molar-refractivity contribution in [2.75, 3.05) is 7.05 Å². The van der Waals surface area contributed by atoms with Crippen molar-refractivity contribution in [3.8, 4) is 5.75 Å². The second-order valence-electron chi connectivity index (χ2n) is 5.30. The summed E-state index contributed by atoms with van der Waals surface area (Å²) >= 11 is 0. The van der Waals surface area contributed by atoms with Gasteiger partial charge in [0.25, 0.3) is 0 Å². The number of hydrogen-bond acceptors (Lipinski definition) is 3. The Morgan fingerprint density at radius 3 is 2.33 bits per heavy atom. The molecule has 1 unspecified atom stereocenters. The predicted molar refractivity (Wildman–Crippen MR) is 85.4 cm³/mol. The van der Waals surface area contributed by atoms with Crippen LogP contribution in [0.1, 0.15) is 35.2 Å². The summed E-state index contributed by atoms with van der Waals surface area (Å²) in [6, 6.07) is 14.4. The van der Waals surface area contributed by atoms with Gasteiger partial charge in [0.2, 0.25) is 0 Å². The van der Waals surface area contributed by atoms with E-state index in [0.29, 0.717) is 12.6 Å². The summed E-state index contributed by atoms with van der Waals surface area (Å²) in [6.45, 7) is 4.81. The van der Waals surface area contributed by atoms with Crippen molar-refractivity contribution in [3.05, 3.63) is 64.7 Å². The molecule has 0 aliphatic rings. The van der Waals surface area contributed by atoms with Gasteiger partial charge in [-0.05, 0) is 49.2 Å². The van der Waals surface area contributed by atoms with Gasteiger partial charge in [-0.3, -0.25) is 0 Å². The van der Waals surface area contributed by atoms with Crippen molar-refractivity contribution >= 4 is 0 Å². The molecule has 112 valence electrons. The van der Waals surface area contributed by atoms with E-state index < -0.39 is 0 Å². The molecule has 0 fully saturated rings. The molecular formula is C18H23NO2. The van der Waals surface area contributed by atoms with E-state index in [9.17, 15) is 0 Å². The minimum atomic E-state index is 0.0748. The molecule has 0 aromatic heterocycles. The van der Waals surface area contributed by atoms with E-state index in [1.807, 2.05) is 37.4 Å². The van der Waals surface area contributed by atoms with Crippen LogP contribution in [0.5, 0.6) is 5.75 Å². The van der Waals surface area contributed by atoms with Gasteiger partial charge in [0.05, 0.1) is 6.61 Å². The Kier molecular flexibility index (Phi) is 5.37. The Morgan fingerprint density at radius 1 is 1.10 bits per heavy atom. The van der Waals surface area contributed by atoms with E-state index in [1.54, 1.807) is 0 Å². The van der Waals surface area contributed by atoms with E-state index in [1.165, 1.54) is 5.56 Å². The molecule has 0 bridgehead atoms. The molecule has 2 rings (SSSR count). The Morgan fingerprint density at radius 2 is 1.76 bits per heavy atom. The maximum Gasteiger partial charge on any atom is 0.122 e. The summed E-state index contributed by atoms with van der Waals surface area (Å²) in [5.74, 6) is 0.910. The van der Waals surface area contributed by atoms with E-state index in [-0.39, 0.29) is 6.61 Å². The zero-order valence-corrected chi connectivity index (χ0v) is 12.9. The largest absolute Gasteiger partial charge is 0.489 e. The first-order chi connectivity index (χ1) is 10.1. The predicted octanol–water partition coefficient (Wildman–Crippen LogP) is 3.35. The molecule has 3 nitrogen and oxygen atoms in total. The van der Waals surface area contributed by atoms with Crippen molar-refractivity contribution in [3.63, 3.8) is 0 Å². The van der Waals surface area contributed by atoms with Crippen LogP contribution in [0.15, 0.2) is 42.5 Å². The molecule has 0 saturated carbocycles. The van der Waals surface area contributed by atoms with Crippen LogP contribution in [0.3, 0.4) is 0 Å². The fraction of sp³-hybridized carbons (Fsp3) is 0.333. The molecule has 0 aliphatic carbocycles. The fourth-order valence-electron chi connectivity index (χ4n) is 2.17. The molecule has 0 spiro atoms. The van der Waals surface area contributed by atoms with Crippen LogP contribution in [0.4, 0.5) is 0 Å². The number of aliphatic hydroxyl groups excluding tert-OH is 1. The molecule has 21 heavy (non-hydrogen) atoms. The smallest absolute Gasteiger partial charge is 0.122 e. The van der Waals surface area contributed by atoms with Gasteiger partial charge in [-0.2, -0.15) is 0 Å².